The maximum Gasteiger partial charge on any atom is 0.251 e. The predicted molar refractivity (Wildman–Crippen MR) is 118 cm³/mol. The Bertz CT molecular complexity index is 884. The lowest BCUT2D eigenvalue weighted by molar-refractivity contribution is 0.0953. The third kappa shape index (κ3) is 5.43. The first kappa shape index (κ1) is 22.8. The number of benzene rings is 1. The predicted octanol–water partition coefficient (Wildman–Crippen LogP) is 3.98. The SMILES string of the molecule is COc1ccc(C(=O)NCCC2=CCCCC2)cc1S(=O)(=O)N1CC(C)CC(C)C1. The Labute approximate surface area is 180 Å². The summed E-state index contributed by atoms with van der Waals surface area (Å²) in [4.78, 5) is 12.7. The summed E-state index contributed by atoms with van der Waals surface area (Å²) in [6.07, 6.45) is 8.82. The molecular formula is C23H34N2O4S. The number of methoxy groups -OCH3 is 1. The summed E-state index contributed by atoms with van der Waals surface area (Å²) in [6.45, 7) is 5.67. The lowest BCUT2D eigenvalue weighted by atomic mass is 9.94. The van der Waals surface area contributed by atoms with Gasteiger partial charge in [0.25, 0.3) is 5.91 Å². The van der Waals surface area contributed by atoms with Crippen LogP contribution in [-0.4, -0.2) is 45.4 Å². The second kappa shape index (κ2) is 9.96. The van der Waals surface area contributed by atoms with Gasteiger partial charge in [0.05, 0.1) is 7.11 Å². The monoisotopic (exact) mass is 434 g/mol. The lowest BCUT2D eigenvalue weighted by Gasteiger charge is -2.34. The fourth-order valence-corrected chi connectivity index (χ4v) is 6.39. The zero-order valence-electron chi connectivity index (χ0n) is 18.3. The first-order chi connectivity index (χ1) is 14.3. The Morgan fingerprint density at radius 1 is 1.20 bits per heavy atom. The number of carbonyl (C=O) groups excluding carboxylic acids is 1. The molecule has 0 saturated carbocycles. The van der Waals surface area contributed by atoms with Gasteiger partial charge in [-0.2, -0.15) is 4.31 Å². The summed E-state index contributed by atoms with van der Waals surface area (Å²) in [5, 5.41) is 2.93. The molecule has 0 radical (unpaired) electrons. The van der Waals surface area contributed by atoms with E-state index in [1.807, 2.05) is 0 Å². The number of hydrogen-bond donors (Lipinski definition) is 1. The van der Waals surface area contributed by atoms with E-state index in [2.05, 4.69) is 25.2 Å². The number of piperidine rings is 1. The maximum absolute atomic E-state index is 13.4. The topological polar surface area (TPSA) is 75.7 Å². The van der Waals surface area contributed by atoms with Crippen LogP contribution < -0.4 is 10.1 Å². The molecule has 2 atom stereocenters. The largest absolute Gasteiger partial charge is 0.495 e. The normalized spacial score (nSPS) is 23.0. The Morgan fingerprint density at radius 2 is 1.93 bits per heavy atom. The number of amides is 1. The van der Waals surface area contributed by atoms with Gasteiger partial charge in [-0.3, -0.25) is 4.79 Å². The Balaban J connectivity index is 1.75. The van der Waals surface area contributed by atoms with Gasteiger partial charge in [0.2, 0.25) is 10.0 Å². The molecule has 1 amide bonds. The summed E-state index contributed by atoms with van der Waals surface area (Å²) in [5.41, 5.74) is 1.73. The molecule has 1 aliphatic heterocycles. The first-order valence-corrected chi connectivity index (χ1v) is 12.4. The number of allylic oxidation sites excluding steroid dienone is 1. The highest BCUT2D eigenvalue weighted by atomic mass is 32.2. The van der Waals surface area contributed by atoms with Gasteiger partial charge in [0, 0.05) is 25.2 Å². The Kier molecular flexibility index (Phi) is 7.58. The van der Waals surface area contributed by atoms with Crippen LogP contribution in [0.5, 0.6) is 5.75 Å². The summed E-state index contributed by atoms with van der Waals surface area (Å²) in [7, 11) is -2.29. The molecular weight excluding hydrogens is 400 g/mol. The molecule has 0 bridgehead atoms. The number of rotatable bonds is 7. The van der Waals surface area contributed by atoms with Crippen molar-refractivity contribution in [3.63, 3.8) is 0 Å². The molecule has 6 nitrogen and oxygen atoms in total. The molecule has 1 heterocycles. The van der Waals surface area contributed by atoms with E-state index in [9.17, 15) is 13.2 Å². The van der Waals surface area contributed by atoms with E-state index in [0.29, 0.717) is 37.0 Å². The Hall–Kier alpha value is -1.86. The molecule has 7 heteroatoms. The minimum Gasteiger partial charge on any atom is -0.495 e. The molecule has 2 unspecified atom stereocenters. The van der Waals surface area contributed by atoms with E-state index >= 15 is 0 Å². The van der Waals surface area contributed by atoms with Gasteiger partial charge in [-0.1, -0.05) is 25.5 Å². The van der Waals surface area contributed by atoms with E-state index in [0.717, 1.165) is 25.7 Å². The van der Waals surface area contributed by atoms with Gasteiger partial charge in [-0.15, -0.1) is 0 Å². The van der Waals surface area contributed by atoms with Crippen LogP contribution in [0.2, 0.25) is 0 Å². The smallest absolute Gasteiger partial charge is 0.251 e. The van der Waals surface area contributed by atoms with Crippen molar-refractivity contribution < 1.29 is 17.9 Å². The van der Waals surface area contributed by atoms with Crippen molar-refractivity contribution in [2.45, 2.75) is 57.3 Å². The molecule has 0 spiro atoms. The molecule has 1 N–H and O–H groups in total. The summed E-state index contributed by atoms with van der Waals surface area (Å²) < 4.78 is 33.6. The van der Waals surface area contributed by atoms with Crippen LogP contribution in [0.4, 0.5) is 0 Å². The van der Waals surface area contributed by atoms with Crippen LogP contribution in [-0.2, 0) is 10.0 Å². The minimum atomic E-state index is -3.75. The molecule has 166 valence electrons. The fourth-order valence-electron chi connectivity index (χ4n) is 4.53. The van der Waals surface area contributed by atoms with E-state index in [4.69, 9.17) is 4.74 Å². The van der Waals surface area contributed by atoms with Gasteiger partial charge < -0.3 is 10.1 Å². The molecule has 0 aromatic heterocycles. The number of hydrogen-bond acceptors (Lipinski definition) is 4. The van der Waals surface area contributed by atoms with Crippen LogP contribution in [0.1, 0.15) is 62.7 Å². The van der Waals surface area contributed by atoms with Gasteiger partial charge in [-0.05, 0) is 68.6 Å². The third-order valence-corrected chi connectivity index (χ3v) is 7.85. The molecule has 3 rings (SSSR count). The molecule has 1 aromatic rings. The van der Waals surface area contributed by atoms with E-state index in [1.54, 1.807) is 12.1 Å². The molecule has 1 aromatic carbocycles. The molecule has 30 heavy (non-hydrogen) atoms. The second-order valence-electron chi connectivity index (χ2n) is 8.75. The highest BCUT2D eigenvalue weighted by molar-refractivity contribution is 7.89. The number of nitrogens with zero attached hydrogens (tertiary/aromatic N) is 1. The van der Waals surface area contributed by atoms with Gasteiger partial charge in [0.1, 0.15) is 10.6 Å². The van der Waals surface area contributed by atoms with Crippen LogP contribution >= 0.6 is 0 Å². The van der Waals surface area contributed by atoms with Gasteiger partial charge >= 0.3 is 0 Å². The van der Waals surface area contributed by atoms with Crippen molar-refractivity contribution in [2.75, 3.05) is 26.7 Å². The highest BCUT2D eigenvalue weighted by Gasteiger charge is 2.34. The summed E-state index contributed by atoms with van der Waals surface area (Å²) >= 11 is 0. The van der Waals surface area contributed by atoms with Crippen LogP contribution in [0.15, 0.2) is 34.7 Å². The van der Waals surface area contributed by atoms with Crippen molar-refractivity contribution in [3.05, 3.63) is 35.4 Å². The minimum absolute atomic E-state index is 0.0638. The van der Waals surface area contributed by atoms with Crippen molar-refractivity contribution in [2.24, 2.45) is 11.8 Å². The summed E-state index contributed by atoms with van der Waals surface area (Å²) in [6, 6.07) is 4.64. The van der Waals surface area contributed by atoms with Crippen LogP contribution in [0.25, 0.3) is 0 Å². The molecule has 1 fully saturated rings. The van der Waals surface area contributed by atoms with Crippen LogP contribution in [0, 0.1) is 11.8 Å². The number of nitrogens with one attached hydrogen (secondary N) is 1. The second-order valence-corrected chi connectivity index (χ2v) is 10.7. The first-order valence-electron chi connectivity index (χ1n) is 11.0. The highest BCUT2D eigenvalue weighted by Crippen LogP contribution is 2.32. The zero-order valence-corrected chi connectivity index (χ0v) is 19.1. The molecule has 1 aliphatic carbocycles. The number of sulfonamides is 1. The van der Waals surface area contributed by atoms with Crippen molar-refractivity contribution in [1.82, 2.24) is 9.62 Å². The average Bonchev–Trinajstić information content (AvgIpc) is 2.73. The van der Waals surface area contributed by atoms with Crippen LogP contribution in [0.3, 0.4) is 0 Å². The molecule has 2 aliphatic rings. The average molecular weight is 435 g/mol. The third-order valence-electron chi connectivity index (χ3n) is 6.00. The van der Waals surface area contributed by atoms with Crippen molar-refractivity contribution in [1.29, 1.82) is 0 Å². The maximum atomic E-state index is 13.4. The summed E-state index contributed by atoms with van der Waals surface area (Å²) in [5.74, 6) is 0.612. The van der Waals surface area contributed by atoms with E-state index in [1.165, 1.54) is 35.9 Å². The molecule has 1 saturated heterocycles. The van der Waals surface area contributed by atoms with Gasteiger partial charge in [0.15, 0.2) is 0 Å². The lowest BCUT2D eigenvalue weighted by Crippen LogP contribution is -2.42. The standard InChI is InChI=1S/C23H34N2O4S/c1-17-13-18(2)16-25(15-17)30(27,28)22-14-20(9-10-21(22)29-3)23(26)24-12-11-19-7-5-4-6-8-19/h7,9-10,14,17-18H,4-6,8,11-13,15-16H2,1-3H3,(H,24,26). The number of carbonyl (C=O) groups is 1. The van der Waals surface area contributed by atoms with Crippen molar-refractivity contribution >= 4 is 15.9 Å². The van der Waals surface area contributed by atoms with E-state index in [-0.39, 0.29) is 16.6 Å². The number of ether oxygens (including phenoxy) is 1. The van der Waals surface area contributed by atoms with E-state index < -0.39 is 10.0 Å². The quantitative estimate of drug-likeness (QED) is 0.659. The Morgan fingerprint density at radius 3 is 2.57 bits per heavy atom. The van der Waals surface area contributed by atoms with Gasteiger partial charge in [-0.25, -0.2) is 8.42 Å². The van der Waals surface area contributed by atoms with Crippen molar-refractivity contribution in [3.8, 4) is 5.75 Å². The fraction of sp³-hybridized carbons (Fsp3) is 0.609. The zero-order chi connectivity index (χ0) is 21.7.